The lowest BCUT2D eigenvalue weighted by atomic mass is 10.1. The molecule has 6 nitrogen and oxygen atoms in total. The predicted octanol–water partition coefficient (Wildman–Crippen LogP) is 4.68. The van der Waals surface area contributed by atoms with Crippen molar-refractivity contribution in [2.45, 2.75) is 39.0 Å². The van der Waals surface area contributed by atoms with Crippen molar-refractivity contribution >= 4 is 10.9 Å². The van der Waals surface area contributed by atoms with E-state index in [4.69, 9.17) is 18.9 Å². The number of H-pyrrole nitrogens is 1. The number of nitrogens with zero attached hydrogens (tertiary/aromatic N) is 1. The van der Waals surface area contributed by atoms with E-state index < -0.39 is 0 Å². The number of rotatable bonds is 9. The Labute approximate surface area is 184 Å². The number of fused-ring (bicyclic) bond motifs is 1. The minimum absolute atomic E-state index is 0.260. The van der Waals surface area contributed by atoms with Crippen LogP contribution >= 0.6 is 0 Å². The average molecular weight is 425 g/mol. The van der Waals surface area contributed by atoms with Gasteiger partial charge in [0.25, 0.3) is 0 Å². The number of aromatic amines is 1. The van der Waals surface area contributed by atoms with Gasteiger partial charge in [0, 0.05) is 48.4 Å². The molecule has 4 rings (SSSR count). The minimum Gasteiger partial charge on any atom is -0.493 e. The molecule has 1 aliphatic heterocycles. The maximum Gasteiger partial charge on any atom is 0.203 e. The number of aromatic nitrogens is 1. The third-order valence-electron chi connectivity index (χ3n) is 6.12. The first-order valence-corrected chi connectivity index (χ1v) is 10.8. The van der Waals surface area contributed by atoms with E-state index >= 15 is 0 Å². The lowest BCUT2D eigenvalue weighted by molar-refractivity contribution is 0.0671. The average Bonchev–Trinajstić information content (AvgIpc) is 3.41. The zero-order chi connectivity index (χ0) is 21.8. The number of ether oxygens (including phenoxy) is 4. The Morgan fingerprint density at radius 2 is 1.81 bits per heavy atom. The molecule has 1 aliphatic rings. The standard InChI is InChI=1S/C25H32N2O4/c1-17-20-9-5-6-10-21(20)26-22(17)16-27(15-19-8-7-13-31-19)14-18-11-12-23(28-2)25(30-4)24(18)29-3/h5-6,9-12,19,26H,7-8,13-16H2,1-4H3. The molecular weight excluding hydrogens is 392 g/mol. The number of benzene rings is 2. The van der Waals surface area contributed by atoms with Crippen LogP contribution in [0.2, 0.25) is 0 Å². The van der Waals surface area contributed by atoms with Crippen molar-refractivity contribution < 1.29 is 18.9 Å². The van der Waals surface area contributed by atoms with Crippen LogP contribution in [0.4, 0.5) is 0 Å². The highest BCUT2D eigenvalue weighted by molar-refractivity contribution is 5.84. The number of aryl methyl sites for hydroxylation is 1. The zero-order valence-corrected chi connectivity index (χ0v) is 18.9. The lowest BCUT2D eigenvalue weighted by Crippen LogP contribution is -2.32. The largest absolute Gasteiger partial charge is 0.493 e. The van der Waals surface area contributed by atoms with Crippen LogP contribution in [0.1, 0.15) is 29.7 Å². The SMILES string of the molecule is COc1ccc(CN(Cc2[nH]c3ccccc3c2C)CC2CCCO2)c(OC)c1OC. The van der Waals surface area contributed by atoms with E-state index in [2.05, 4.69) is 47.1 Å². The van der Waals surface area contributed by atoms with Crippen molar-refractivity contribution in [3.63, 3.8) is 0 Å². The Balaban J connectivity index is 1.64. The highest BCUT2D eigenvalue weighted by Crippen LogP contribution is 2.40. The van der Waals surface area contributed by atoms with Gasteiger partial charge in [-0.15, -0.1) is 0 Å². The Morgan fingerprint density at radius 1 is 1.00 bits per heavy atom. The summed E-state index contributed by atoms with van der Waals surface area (Å²) >= 11 is 0. The summed E-state index contributed by atoms with van der Waals surface area (Å²) in [6.45, 7) is 5.43. The Hall–Kier alpha value is -2.70. The van der Waals surface area contributed by atoms with E-state index in [1.54, 1.807) is 21.3 Å². The fourth-order valence-electron chi connectivity index (χ4n) is 4.51. The third-order valence-corrected chi connectivity index (χ3v) is 6.12. The van der Waals surface area contributed by atoms with Gasteiger partial charge in [-0.25, -0.2) is 0 Å². The lowest BCUT2D eigenvalue weighted by Gasteiger charge is -2.26. The molecule has 0 saturated carbocycles. The van der Waals surface area contributed by atoms with Gasteiger partial charge >= 0.3 is 0 Å². The molecule has 1 fully saturated rings. The van der Waals surface area contributed by atoms with Crippen LogP contribution in [0.25, 0.3) is 10.9 Å². The van der Waals surface area contributed by atoms with Gasteiger partial charge in [-0.3, -0.25) is 4.90 Å². The molecule has 0 bridgehead atoms. The van der Waals surface area contributed by atoms with Gasteiger partial charge in [-0.2, -0.15) is 0 Å². The van der Waals surface area contributed by atoms with E-state index in [0.717, 1.165) is 44.6 Å². The Bertz CT molecular complexity index is 1020. The van der Waals surface area contributed by atoms with Crippen LogP contribution in [0.5, 0.6) is 17.2 Å². The molecule has 0 amide bonds. The molecule has 0 radical (unpaired) electrons. The quantitative estimate of drug-likeness (QED) is 0.540. The number of methoxy groups -OCH3 is 3. The molecule has 2 aromatic carbocycles. The van der Waals surface area contributed by atoms with Crippen LogP contribution in [0, 0.1) is 6.92 Å². The monoisotopic (exact) mass is 424 g/mol. The zero-order valence-electron chi connectivity index (χ0n) is 18.9. The molecule has 1 N–H and O–H groups in total. The second kappa shape index (κ2) is 9.62. The molecule has 1 saturated heterocycles. The normalized spacial score (nSPS) is 16.2. The van der Waals surface area contributed by atoms with Crippen LogP contribution < -0.4 is 14.2 Å². The molecule has 1 unspecified atom stereocenters. The second-order valence-corrected chi connectivity index (χ2v) is 8.07. The van der Waals surface area contributed by atoms with Gasteiger partial charge in [0.2, 0.25) is 5.75 Å². The molecule has 0 aliphatic carbocycles. The van der Waals surface area contributed by atoms with Crippen molar-refractivity contribution in [2.24, 2.45) is 0 Å². The number of hydrogen-bond acceptors (Lipinski definition) is 5. The second-order valence-electron chi connectivity index (χ2n) is 8.07. The van der Waals surface area contributed by atoms with Crippen molar-refractivity contribution in [3.8, 4) is 17.2 Å². The van der Waals surface area contributed by atoms with Gasteiger partial charge in [0.15, 0.2) is 11.5 Å². The van der Waals surface area contributed by atoms with E-state index in [1.807, 2.05) is 6.07 Å². The van der Waals surface area contributed by atoms with Crippen molar-refractivity contribution in [3.05, 3.63) is 53.2 Å². The fourth-order valence-corrected chi connectivity index (χ4v) is 4.51. The maximum absolute atomic E-state index is 5.96. The summed E-state index contributed by atoms with van der Waals surface area (Å²) in [6, 6.07) is 12.5. The van der Waals surface area contributed by atoms with Crippen LogP contribution in [0.15, 0.2) is 36.4 Å². The molecule has 2 heterocycles. The number of para-hydroxylation sites is 1. The van der Waals surface area contributed by atoms with Crippen molar-refractivity contribution in [1.29, 1.82) is 0 Å². The summed E-state index contributed by atoms with van der Waals surface area (Å²) in [5.74, 6) is 2.01. The van der Waals surface area contributed by atoms with Crippen LogP contribution in [0.3, 0.4) is 0 Å². The molecule has 0 spiro atoms. The first kappa shape index (κ1) is 21.5. The summed E-state index contributed by atoms with van der Waals surface area (Å²) in [5.41, 5.74) is 4.77. The highest BCUT2D eigenvalue weighted by atomic mass is 16.5. The smallest absolute Gasteiger partial charge is 0.203 e. The first-order chi connectivity index (χ1) is 15.1. The van der Waals surface area contributed by atoms with Crippen molar-refractivity contribution in [2.75, 3.05) is 34.5 Å². The number of nitrogens with one attached hydrogen (secondary N) is 1. The van der Waals surface area contributed by atoms with Gasteiger partial charge in [-0.05, 0) is 37.5 Å². The van der Waals surface area contributed by atoms with E-state index in [0.29, 0.717) is 17.2 Å². The predicted molar refractivity (Wildman–Crippen MR) is 122 cm³/mol. The molecular formula is C25H32N2O4. The van der Waals surface area contributed by atoms with Gasteiger partial charge in [-0.1, -0.05) is 24.3 Å². The molecule has 3 aromatic rings. The summed E-state index contributed by atoms with van der Waals surface area (Å²) < 4.78 is 22.7. The highest BCUT2D eigenvalue weighted by Gasteiger charge is 2.23. The van der Waals surface area contributed by atoms with E-state index in [9.17, 15) is 0 Å². The molecule has 6 heteroatoms. The van der Waals surface area contributed by atoms with E-state index in [1.165, 1.54) is 22.2 Å². The van der Waals surface area contributed by atoms with Gasteiger partial charge in [0.05, 0.1) is 27.4 Å². The van der Waals surface area contributed by atoms with Crippen LogP contribution in [-0.2, 0) is 17.8 Å². The number of hydrogen-bond donors (Lipinski definition) is 1. The van der Waals surface area contributed by atoms with Gasteiger partial charge < -0.3 is 23.9 Å². The van der Waals surface area contributed by atoms with Crippen molar-refractivity contribution in [1.82, 2.24) is 9.88 Å². The summed E-state index contributed by atoms with van der Waals surface area (Å²) in [6.07, 6.45) is 2.49. The molecule has 1 aromatic heterocycles. The van der Waals surface area contributed by atoms with Crippen LogP contribution in [-0.4, -0.2) is 50.5 Å². The molecule has 1 atom stereocenters. The fraction of sp³-hybridized carbons (Fsp3) is 0.440. The summed E-state index contributed by atoms with van der Waals surface area (Å²) in [5, 5.41) is 1.28. The third kappa shape index (κ3) is 4.50. The molecule has 31 heavy (non-hydrogen) atoms. The minimum atomic E-state index is 0.260. The first-order valence-electron chi connectivity index (χ1n) is 10.8. The van der Waals surface area contributed by atoms with Gasteiger partial charge in [0.1, 0.15) is 0 Å². The summed E-state index contributed by atoms with van der Waals surface area (Å²) in [7, 11) is 4.95. The molecule has 166 valence electrons. The maximum atomic E-state index is 5.96. The topological polar surface area (TPSA) is 56.0 Å². The Kier molecular flexibility index (Phi) is 6.68. The Morgan fingerprint density at radius 3 is 2.48 bits per heavy atom. The summed E-state index contributed by atoms with van der Waals surface area (Å²) in [4.78, 5) is 6.04. The van der Waals surface area contributed by atoms with E-state index in [-0.39, 0.29) is 6.10 Å².